The Morgan fingerprint density at radius 3 is 2.57 bits per heavy atom. The molecule has 0 aliphatic rings. The van der Waals surface area contributed by atoms with Gasteiger partial charge < -0.3 is 14.8 Å². The molecule has 23 heavy (non-hydrogen) atoms. The summed E-state index contributed by atoms with van der Waals surface area (Å²) >= 11 is 1.54. The van der Waals surface area contributed by atoms with Gasteiger partial charge in [0, 0.05) is 17.0 Å². The van der Waals surface area contributed by atoms with Crippen molar-refractivity contribution in [3.8, 4) is 11.5 Å². The van der Waals surface area contributed by atoms with Crippen molar-refractivity contribution < 1.29 is 14.3 Å². The van der Waals surface area contributed by atoms with E-state index in [0.29, 0.717) is 23.8 Å². The summed E-state index contributed by atoms with van der Waals surface area (Å²) in [5.74, 6) is 1.69. The van der Waals surface area contributed by atoms with Crippen LogP contribution in [0.4, 0.5) is 0 Å². The number of benzene rings is 2. The van der Waals surface area contributed by atoms with Crippen molar-refractivity contribution in [1.29, 1.82) is 0 Å². The second-order valence-electron chi connectivity index (χ2n) is 4.98. The minimum atomic E-state index is -0.0110. The van der Waals surface area contributed by atoms with Gasteiger partial charge in [-0.3, -0.25) is 4.79 Å². The quantitative estimate of drug-likeness (QED) is 0.790. The summed E-state index contributed by atoms with van der Waals surface area (Å²) in [6, 6.07) is 13.7. The standard InChI is InChI=1S/C18H21NO3S/c1-13-7-4-5-10-16(13)23-12-17(20)19-11-14-8-6-9-15(21-2)18(14)22-3/h4-10H,11-12H2,1-3H3,(H,19,20). The van der Waals surface area contributed by atoms with E-state index in [1.54, 1.807) is 14.2 Å². The Labute approximate surface area is 141 Å². The Morgan fingerprint density at radius 2 is 1.87 bits per heavy atom. The van der Waals surface area contributed by atoms with Crippen molar-refractivity contribution in [2.75, 3.05) is 20.0 Å². The highest BCUT2D eigenvalue weighted by Gasteiger charge is 2.11. The van der Waals surface area contributed by atoms with E-state index in [1.165, 1.54) is 17.3 Å². The zero-order valence-corrected chi connectivity index (χ0v) is 14.4. The molecule has 5 heteroatoms. The van der Waals surface area contributed by atoms with E-state index in [9.17, 15) is 4.79 Å². The first-order valence-corrected chi connectivity index (χ1v) is 8.29. The van der Waals surface area contributed by atoms with E-state index in [0.717, 1.165) is 10.5 Å². The van der Waals surface area contributed by atoms with Crippen LogP contribution in [0.25, 0.3) is 0 Å². The molecule has 0 unspecified atom stereocenters. The summed E-state index contributed by atoms with van der Waals surface area (Å²) in [6.45, 7) is 2.45. The Hall–Kier alpha value is -2.14. The van der Waals surface area contributed by atoms with Gasteiger partial charge in [0.05, 0.1) is 20.0 Å². The number of ether oxygens (including phenoxy) is 2. The monoisotopic (exact) mass is 331 g/mol. The Morgan fingerprint density at radius 1 is 1.09 bits per heavy atom. The van der Waals surface area contributed by atoms with Crippen LogP contribution < -0.4 is 14.8 Å². The van der Waals surface area contributed by atoms with Gasteiger partial charge in [0.2, 0.25) is 5.91 Å². The van der Waals surface area contributed by atoms with Gasteiger partial charge in [-0.05, 0) is 24.6 Å². The molecule has 122 valence electrons. The van der Waals surface area contributed by atoms with E-state index in [2.05, 4.69) is 5.32 Å². The van der Waals surface area contributed by atoms with Crippen LogP contribution in [0.1, 0.15) is 11.1 Å². The number of aryl methyl sites for hydroxylation is 1. The molecule has 0 aromatic heterocycles. The summed E-state index contributed by atoms with van der Waals surface area (Å²) < 4.78 is 10.6. The molecule has 0 bridgehead atoms. The van der Waals surface area contributed by atoms with Gasteiger partial charge >= 0.3 is 0 Å². The molecule has 0 aliphatic heterocycles. The lowest BCUT2D eigenvalue weighted by molar-refractivity contribution is -0.118. The highest BCUT2D eigenvalue weighted by atomic mass is 32.2. The van der Waals surface area contributed by atoms with Crippen molar-refractivity contribution in [3.63, 3.8) is 0 Å². The molecule has 1 amide bonds. The van der Waals surface area contributed by atoms with E-state index in [4.69, 9.17) is 9.47 Å². The molecule has 0 aliphatic carbocycles. The smallest absolute Gasteiger partial charge is 0.230 e. The lowest BCUT2D eigenvalue weighted by Gasteiger charge is -2.13. The van der Waals surface area contributed by atoms with E-state index < -0.39 is 0 Å². The van der Waals surface area contributed by atoms with Crippen molar-refractivity contribution in [3.05, 3.63) is 53.6 Å². The second kappa shape index (κ2) is 8.48. The number of thioether (sulfide) groups is 1. The normalized spacial score (nSPS) is 10.2. The third-order valence-electron chi connectivity index (χ3n) is 3.41. The van der Waals surface area contributed by atoms with Crippen LogP contribution in [0, 0.1) is 6.92 Å². The van der Waals surface area contributed by atoms with Crippen LogP contribution in [-0.2, 0) is 11.3 Å². The predicted octanol–water partition coefficient (Wildman–Crippen LogP) is 3.42. The van der Waals surface area contributed by atoms with Crippen LogP contribution in [0.5, 0.6) is 11.5 Å². The molecule has 0 saturated heterocycles. The van der Waals surface area contributed by atoms with Crippen LogP contribution in [0.15, 0.2) is 47.4 Å². The van der Waals surface area contributed by atoms with Gasteiger partial charge in [-0.25, -0.2) is 0 Å². The van der Waals surface area contributed by atoms with Crippen molar-refractivity contribution in [1.82, 2.24) is 5.32 Å². The number of carbonyl (C=O) groups excluding carboxylic acids is 1. The van der Waals surface area contributed by atoms with Gasteiger partial charge in [-0.15, -0.1) is 11.8 Å². The summed E-state index contributed by atoms with van der Waals surface area (Å²) in [6.07, 6.45) is 0. The highest BCUT2D eigenvalue weighted by Crippen LogP contribution is 2.30. The van der Waals surface area contributed by atoms with Crippen molar-refractivity contribution in [2.24, 2.45) is 0 Å². The third kappa shape index (κ3) is 4.66. The Kier molecular flexibility index (Phi) is 6.35. The number of methoxy groups -OCH3 is 2. The number of para-hydroxylation sites is 1. The SMILES string of the molecule is COc1cccc(CNC(=O)CSc2ccccc2C)c1OC. The number of amides is 1. The Bertz CT molecular complexity index is 673. The first-order chi connectivity index (χ1) is 11.2. The maximum Gasteiger partial charge on any atom is 0.230 e. The summed E-state index contributed by atoms with van der Waals surface area (Å²) in [7, 11) is 3.19. The number of hydrogen-bond acceptors (Lipinski definition) is 4. The fourth-order valence-electron chi connectivity index (χ4n) is 2.20. The average Bonchev–Trinajstić information content (AvgIpc) is 2.58. The van der Waals surface area contributed by atoms with Crippen molar-refractivity contribution in [2.45, 2.75) is 18.4 Å². The first kappa shape index (κ1) is 17.2. The van der Waals surface area contributed by atoms with Crippen LogP contribution in [0.2, 0.25) is 0 Å². The first-order valence-electron chi connectivity index (χ1n) is 7.30. The number of rotatable bonds is 7. The molecule has 2 aromatic carbocycles. The molecule has 0 atom stereocenters. The minimum Gasteiger partial charge on any atom is -0.493 e. The van der Waals surface area contributed by atoms with Crippen LogP contribution in [0.3, 0.4) is 0 Å². The maximum atomic E-state index is 12.1. The number of carbonyl (C=O) groups is 1. The molecule has 0 saturated carbocycles. The van der Waals surface area contributed by atoms with Crippen molar-refractivity contribution >= 4 is 17.7 Å². The molecule has 0 radical (unpaired) electrons. The van der Waals surface area contributed by atoms with Crippen LogP contribution >= 0.6 is 11.8 Å². The molecule has 4 nitrogen and oxygen atoms in total. The number of hydrogen-bond donors (Lipinski definition) is 1. The van der Waals surface area contributed by atoms with E-state index >= 15 is 0 Å². The Balaban J connectivity index is 1.91. The zero-order chi connectivity index (χ0) is 16.7. The molecular weight excluding hydrogens is 310 g/mol. The summed E-state index contributed by atoms with van der Waals surface area (Å²) in [5.41, 5.74) is 2.07. The minimum absolute atomic E-state index is 0.0110. The zero-order valence-electron chi connectivity index (χ0n) is 13.6. The van der Waals surface area contributed by atoms with E-state index in [1.807, 2.05) is 49.4 Å². The fraction of sp³-hybridized carbons (Fsp3) is 0.278. The lowest BCUT2D eigenvalue weighted by atomic mass is 10.2. The molecule has 2 aromatic rings. The van der Waals surface area contributed by atoms with Gasteiger partial charge in [0.15, 0.2) is 11.5 Å². The molecular formula is C18H21NO3S. The average molecular weight is 331 g/mol. The van der Waals surface area contributed by atoms with Gasteiger partial charge in [-0.1, -0.05) is 30.3 Å². The highest BCUT2D eigenvalue weighted by molar-refractivity contribution is 8.00. The third-order valence-corrected chi connectivity index (χ3v) is 4.59. The second-order valence-corrected chi connectivity index (χ2v) is 6.00. The lowest BCUT2D eigenvalue weighted by Crippen LogP contribution is -2.24. The molecule has 0 fully saturated rings. The van der Waals surface area contributed by atoms with E-state index in [-0.39, 0.29) is 5.91 Å². The largest absolute Gasteiger partial charge is 0.493 e. The summed E-state index contributed by atoms with van der Waals surface area (Å²) in [4.78, 5) is 13.2. The summed E-state index contributed by atoms with van der Waals surface area (Å²) in [5, 5.41) is 2.92. The topological polar surface area (TPSA) is 47.6 Å². The van der Waals surface area contributed by atoms with Gasteiger partial charge in [-0.2, -0.15) is 0 Å². The van der Waals surface area contributed by atoms with Crippen LogP contribution in [-0.4, -0.2) is 25.9 Å². The fourth-order valence-corrected chi connectivity index (χ4v) is 3.06. The number of nitrogens with one attached hydrogen (secondary N) is 1. The van der Waals surface area contributed by atoms with Gasteiger partial charge in [0.25, 0.3) is 0 Å². The predicted molar refractivity (Wildman–Crippen MR) is 93.3 cm³/mol. The molecule has 1 N–H and O–H groups in total. The molecule has 2 rings (SSSR count). The maximum absolute atomic E-state index is 12.1. The van der Waals surface area contributed by atoms with Gasteiger partial charge in [0.1, 0.15) is 0 Å². The molecule has 0 heterocycles. The molecule has 0 spiro atoms.